The Morgan fingerprint density at radius 1 is 0.938 bits per heavy atom. The minimum Gasteiger partial charge on any atom is -0.376 e. The maximum Gasteiger partial charge on any atom is 0.283 e. The second-order valence-electron chi connectivity index (χ2n) is 4.73. The summed E-state index contributed by atoms with van der Waals surface area (Å²) in [6.07, 6.45) is 4.36. The van der Waals surface area contributed by atoms with Crippen molar-refractivity contribution in [3.8, 4) is 0 Å². The van der Waals surface area contributed by atoms with Gasteiger partial charge < -0.3 is 18.9 Å². The Hall–Kier alpha value is -0.160. The normalized spacial score (nSPS) is 42.4. The fourth-order valence-corrected chi connectivity index (χ4v) is 2.10. The summed E-state index contributed by atoms with van der Waals surface area (Å²) in [6.45, 7) is 6.02. The second kappa shape index (κ2) is 5.45. The molecule has 4 heteroatoms. The van der Waals surface area contributed by atoms with Crippen LogP contribution in [0.3, 0.4) is 0 Å². The highest BCUT2D eigenvalue weighted by atomic mass is 16.9. The van der Waals surface area contributed by atoms with Gasteiger partial charge in [-0.05, 0) is 26.7 Å². The Kier molecular flexibility index (Phi) is 4.19. The lowest BCUT2D eigenvalue weighted by molar-refractivity contribution is -0.346. The quantitative estimate of drug-likeness (QED) is 0.638. The lowest BCUT2D eigenvalue weighted by Gasteiger charge is -2.30. The van der Waals surface area contributed by atoms with Crippen molar-refractivity contribution >= 4 is 0 Å². The van der Waals surface area contributed by atoms with Gasteiger partial charge in [0.25, 0.3) is 5.97 Å². The van der Waals surface area contributed by atoms with Crippen LogP contribution in [0.25, 0.3) is 0 Å². The van der Waals surface area contributed by atoms with E-state index in [4.69, 9.17) is 18.9 Å². The second-order valence-corrected chi connectivity index (χ2v) is 4.73. The molecule has 1 spiro atoms. The lowest BCUT2D eigenvalue weighted by Crippen LogP contribution is -2.37. The van der Waals surface area contributed by atoms with Gasteiger partial charge in [-0.25, -0.2) is 0 Å². The van der Waals surface area contributed by atoms with E-state index in [2.05, 4.69) is 0 Å². The van der Waals surface area contributed by atoms with Crippen molar-refractivity contribution in [2.75, 3.05) is 19.8 Å². The summed E-state index contributed by atoms with van der Waals surface area (Å²) >= 11 is 0. The molecular formula is C12H22O4. The van der Waals surface area contributed by atoms with Crippen LogP contribution < -0.4 is 0 Å². The van der Waals surface area contributed by atoms with Crippen LogP contribution in [0, 0.1) is 0 Å². The van der Waals surface area contributed by atoms with Gasteiger partial charge >= 0.3 is 0 Å². The molecule has 2 aliphatic heterocycles. The highest BCUT2D eigenvalue weighted by molar-refractivity contribution is 4.70. The third-order valence-electron chi connectivity index (χ3n) is 2.99. The molecular weight excluding hydrogens is 208 g/mol. The molecule has 0 amide bonds. The van der Waals surface area contributed by atoms with E-state index in [-0.39, 0.29) is 12.2 Å². The van der Waals surface area contributed by atoms with Crippen LogP contribution in [0.2, 0.25) is 0 Å². The van der Waals surface area contributed by atoms with E-state index in [1.807, 2.05) is 13.8 Å². The predicted molar refractivity (Wildman–Crippen MR) is 59.1 cm³/mol. The molecule has 0 aromatic rings. The number of rotatable bonds is 0. The lowest BCUT2D eigenvalue weighted by atomic mass is 10.1. The zero-order chi connectivity index (χ0) is 11.4. The average Bonchev–Trinajstić information content (AvgIpc) is 2.63. The van der Waals surface area contributed by atoms with Gasteiger partial charge in [-0.15, -0.1) is 0 Å². The summed E-state index contributed by atoms with van der Waals surface area (Å²) in [6, 6.07) is 0. The van der Waals surface area contributed by atoms with Crippen LogP contribution in [0.15, 0.2) is 0 Å². The van der Waals surface area contributed by atoms with E-state index >= 15 is 0 Å². The smallest absolute Gasteiger partial charge is 0.283 e. The van der Waals surface area contributed by atoms with Gasteiger partial charge in [0.2, 0.25) is 0 Å². The third kappa shape index (κ3) is 3.17. The largest absolute Gasteiger partial charge is 0.376 e. The maximum absolute atomic E-state index is 5.78. The zero-order valence-electron chi connectivity index (χ0n) is 10.2. The molecule has 0 radical (unpaired) electrons. The van der Waals surface area contributed by atoms with Crippen molar-refractivity contribution < 1.29 is 18.9 Å². The fraction of sp³-hybridized carbons (Fsp3) is 1.00. The SMILES string of the molecule is CC1COC2(CCCCCO1)OCC(C)O2. The van der Waals surface area contributed by atoms with Crippen LogP contribution in [0.4, 0.5) is 0 Å². The molecule has 0 saturated carbocycles. The summed E-state index contributed by atoms with van der Waals surface area (Å²) in [5, 5.41) is 0. The summed E-state index contributed by atoms with van der Waals surface area (Å²) in [5.74, 6) is -0.797. The highest BCUT2D eigenvalue weighted by Gasteiger charge is 2.41. The van der Waals surface area contributed by atoms with Crippen molar-refractivity contribution in [3.05, 3.63) is 0 Å². The summed E-state index contributed by atoms with van der Waals surface area (Å²) < 4.78 is 22.8. The van der Waals surface area contributed by atoms with Crippen molar-refractivity contribution in [2.45, 2.75) is 57.7 Å². The van der Waals surface area contributed by atoms with Crippen LogP contribution in [0.5, 0.6) is 0 Å². The van der Waals surface area contributed by atoms with Crippen LogP contribution >= 0.6 is 0 Å². The molecule has 0 aromatic carbocycles. The summed E-state index contributed by atoms with van der Waals surface area (Å²) in [4.78, 5) is 0. The van der Waals surface area contributed by atoms with Crippen LogP contribution in [-0.2, 0) is 18.9 Å². The van der Waals surface area contributed by atoms with Crippen LogP contribution in [-0.4, -0.2) is 38.0 Å². The first kappa shape index (κ1) is 12.3. The Bertz CT molecular complexity index is 221. The number of hydrogen-bond donors (Lipinski definition) is 0. The molecule has 0 bridgehead atoms. The van der Waals surface area contributed by atoms with Gasteiger partial charge in [0.05, 0.1) is 25.4 Å². The minimum absolute atomic E-state index is 0.109. The van der Waals surface area contributed by atoms with E-state index in [0.717, 1.165) is 32.3 Å². The van der Waals surface area contributed by atoms with Gasteiger partial charge in [0.1, 0.15) is 0 Å². The number of ether oxygens (including phenoxy) is 4. The van der Waals surface area contributed by atoms with E-state index in [9.17, 15) is 0 Å². The Morgan fingerprint density at radius 2 is 1.69 bits per heavy atom. The van der Waals surface area contributed by atoms with Gasteiger partial charge in [-0.2, -0.15) is 0 Å². The first-order valence-corrected chi connectivity index (χ1v) is 6.27. The van der Waals surface area contributed by atoms with Crippen LogP contribution in [0.1, 0.15) is 39.5 Å². The van der Waals surface area contributed by atoms with Crippen molar-refractivity contribution in [1.29, 1.82) is 0 Å². The first-order valence-electron chi connectivity index (χ1n) is 6.27. The molecule has 2 heterocycles. The molecule has 0 N–H and O–H groups in total. The summed E-state index contributed by atoms with van der Waals surface area (Å²) in [5.41, 5.74) is 0. The molecule has 3 unspecified atom stereocenters. The van der Waals surface area contributed by atoms with E-state index < -0.39 is 5.97 Å². The van der Waals surface area contributed by atoms with E-state index in [0.29, 0.717) is 13.2 Å². The minimum atomic E-state index is -0.797. The molecule has 2 rings (SSSR count). The molecule has 4 nitrogen and oxygen atoms in total. The molecule has 94 valence electrons. The molecule has 16 heavy (non-hydrogen) atoms. The van der Waals surface area contributed by atoms with Crippen molar-refractivity contribution in [3.63, 3.8) is 0 Å². The molecule has 2 aliphatic rings. The Labute approximate surface area is 97.2 Å². The first-order chi connectivity index (χ1) is 7.70. The highest BCUT2D eigenvalue weighted by Crippen LogP contribution is 2.31. The van der Waals surface area contributed by atoms with E-state index in [1.54, 1.807) is 0 Å². The molecule has 3 atom stereocenters. The Balaban J connectivity index is 1.93. The maximum atomic E-state index is 5.78. The Morgan fingerprint density at radius 3 is 2.44 bits per heavy atom. The third-order valence-corrected chi connectivity index (χ3v) is 2.99. The molecule has 2 saturated heterocycles. The van der Waals surface area contributed by atoms with Gasteiger partial charge in [0.15, 0.2) is 0 Å². The zero-order valence-corrected chi connectivity index (χ0v) is 10.2. The standard InChI is InChI=1S/C12H22O4/c1-10-8-14-12(15-9-11(2)16-12)6-4-3-5-7-13-10/h10-11H,3-9H2,1-2H3. The predicted octanol–water partition coefficient (Wildman–Crippen LogP) is 2.07. The topological polar surface area (TPSA) is 36.9 Å². The van der Waals surface area contributed by atoms with E-state index in [1.165, 1.54) is 0 Å². The monoisotopic (exact) mass is 230 g/mol. The van der Waals surface area contributed by atoms with Gasteiger partial charge in [-0.1, -0.05) is 6.42 Å². The molecule has 0 aromatic heterocycles. The fourth-order valence-electron chi connectivity index (χ4n) is 2.10. The number of hydrogen-bond acceptors (Lipinski definition) is 4. The van der Waals surface area contributed by atoms with Crippen molar-refractivity contribution in [2.24, 2.45) is 0 Å². The average molecular weight is 230 g/mol. The summed E-state index contributed by atoms with van der Waals surface area (Å²) in [7, 11) is 0. The van der Waals surface area contributed by atoms with Gasteiger partial charge in [0, 0.05) is 13.0 Å². The molecule has 0 aliphatic carbocycles. The molecule has 2 fully saturated rings. The van der Waals surface area contributed by atoms with Gasteiger partial charge in [-0.3, -0.25) is 0 Å². The van der Waals surface area contributed by atoms with Crippen molar-refractivity contribution in [1.82, 2.24) is 0 Å².